The van der Waals surface area contributed by atoms with Crippen molar-refractivity contribution in [2.24, 2.45) is 0 Å². The molecule has 5 heterocycles. The normalized spacial score (nSPS) is 15.6. The zero-order chi connectivity index (χ0) is 59.1. The number of hydrazine groups is 2. The number of sulfonamides is 2. The Bertz CT molecular complexity index is 4130. The van der Waals surface area contributed by atoms with Gasteiger partial charge < -0.3 is 23.1 Å². The number of amides is 2. The van der Waals surface area contributed by atoms with Crippen LogP contribution in [0.4, 0.5) is 22.7 Å². The first-order valence-corrected chi connectivity index (χ1v) is 30.4. The molecule has 0 N–H and O–H groups in total. The highest BCUT2D eigenvalue weighted by molar-refractivity contribution is 7.89. The maximum Gasteiger partial charge on any atom is 0.294 e. The number of anilines is 2. The number of benzene rings is 6. The van der Waals surface area contributed by atoms with Gasteiger partial charge in [0.1, 0.15) is 22.7 Å². The summed E-state index contributed by atoms with van der Waals surface area (Å²) in [6.07, 6.45) is 1.07. The van der Waals surface area contributed by atoms with E-state index < -0.39 is 53.5 Å². The van der Waals surface area contributed by atoms with E-state index in [0.29, 0.717) is 79.3 Å². The molecular weight excluding hydrogens is 1150 g/mol. The van der Waals surface area contributed by atoms with E-state index in [1.54, 1.807) is 88.9 Å². The van der Waals surface area contributed by atoms with Crippen LogP contribution in [0.25, 0.3) is 66.1 Å². The van der Waals surface area contributed by atoms with Crippen LogP contribution in [-0.4, -0.2) is 123 Å². The number of non-ortho nitro benzene ring substituents is 2. The van der Waals surface area contributed by atoms with E-state index in [0.717, 1.165) is 0 Å². The summed E-state index contributed by atoms with van der Waals surface area (Å²) >= 11 is 13.0. The van der Waals surface area contributed by atoms with E-state index in [1.807, 2.05) is 13.8 Å². The predicted octanol–water partition coefficient (Wildman–Crippen LogP) is 11.9. The third kappa shape index (κ3) is 9.77. The quantitative estimate of drug-likeness (QED) is 0.0440. The molecule has 2 atom stereocenters. The van der Waals surface area contributed by atoms with Gasteiger partial charge in [-0.1, -0.05) is 26.0 Å². The van der Waals surface area contributed by atoms with Gasteiger partial charge in [-0.3, -0.25) is 29.8 Å². The molecule has 11 rings (SSSR count). The SMILES string of the molecule is CCCN(N(C)C)S(=O)(=O)c1ccc2c3c(cc([N+](=O)[O-])c2c1)N(C(=O)c1cc2cc(-c4ccc(-c5ccc6oc(C(=O)N7CC(CCl)c8c7cc([N+](=O)[O-])c7cc(S(=O)(=O)N(CCC)N(C)C)ccc87)cc6c5)o4)ccc2o1)CC3CCl. The summed E-state index contributed by atoms with van der Waals surface area (Å²) < 4.78 is 76.1. The van der Waals surface area contributed by atoms with Crippen LogP contribution in [0.5, 0.6) is 0 Å². The van der Waals surface area contributed by atoms with Gasteiger partial charge in [0, 0.05) is 112 Å². The Labute approximate surface area is 486 Å². The molecule has 9 aromatic rings. The fraction of sp³-hybridized carbons (Fsp3) is 0.276. The van der Waals surface area contributed by atoms with Crippen molar-refractivity contribution in [3.05, 3.63) is 152 Å². The Morgan fingerprint density at radius 3 is 1.30 bits per heavy atom. The van der Waals surface area contributed by atoms with E-state index in [4.69, 9.17) is 36.5 Å². The fourth-order valence-corrected chi connectivity index (χ4v) is 15.1. The molecule has 2 unspecified atom stereocenters. The van der Waals surface area contributed by atoms with Crippen molar-refractivity contribution < 1.29 is 49.5 Å². The summed E-state index contributed by atoms with van der Waals surface area (Å²) in [6, 6.07) is 28.4. The zero-order valence-corrected chi connectivity index (χ0v) is 48.8. The predicted molar refractivity (Wildman–Crippen MR) is 316 cm³/mol. The van der Waals surface area contributed by atoms with Crippen molar-refractivity contribution in [3.63, 3.8) is 0 Å². The molecule has 0 bridgehead atoms. The highest BCUT2D eigenvalue weighted by Crippen LogP contribution is 2.49. The molecule has 6 aromatic carbocycles. The molecule has 0 saturated heterocycles. The van der Waals surface area contributed by atoms with E-state index in [-0.39, 0.29) is 92.8 Å². The van der Waals surface area contributed by atoms with E-state index >= 15 is 0 Å². The molecule has 83 heavy (non-hydrogen) atoms. The molecule has 0 radical (unpaired) electrons. The molecule has 0 fully saturated rings. The molecule has 25 heteroatoms. The van der Waals surface area contributed by atoms with Gasteiger partial charge in [-0.15, -0.1) is 32.0 Å². The minimum absolute atomic E-state index is 0.0282. The first-order valence-electron chi connectivity index (χ1n) is 26.4. The Hall–Kier alpha value is -7.74. The summed E-state index contributed by atoms with van der Waals surface area (Å²) in [5.41, 5.74) is 3.04. The first-order chi connectivity index (χ1) is 39.6. The number of furan rings is 3. The van der Waals surface area contributed by atoms with E-state index in [1.165, 1.54) is 77.2 Å². The lowest BCUT2D eigenvalue weighted by molar-refractivity contribution is -0.383. The molecule has 0 aliphatic carbocycles. The standard InChI is InChI=1S/C58H54Cl2N8O13S2/c1-7-19-65(61(3)4)82(75,76)39-11-13-41-43(25-39)45(67(71)72)27-47-55(41)37(29-59)31-63(47)57(69)53-23-35-21-33(9-15-51(35)80-53)49-17-18-50(79-49)34-10-16-52-36(22-34)24-54(81-52)58(70)64-32-38(30-60)56-42-14-12-40(83(77,78)66(20-8-2)62(5)6)26-44(42)46(68(73)74)28-48(56)64/h9-18,21-28,37-38H,7-8,19-20,29-32H2,1-6H3. The number of nitrogens with zero attached hydrogens (tertiary/aromatic N) is 8. The summed E-state index contributed by atoms with van der Waals surface area (Å²) in [5.74, 6) is -0.967. The number of alkyl halides is 2. The number of hydrogen-bond donors (Lipinski definition) is 0. The number of halogens is 2. The third-order valence-electron chi connectivity index (χ3n) is 15.2. The van der Waals surface area contributed by atoms with Crippen LogP contribution in [0.3, 0.4) is 0 Å². The Morgan fingerprint density at radius 1 is 0.554 bits per heavy atom. The second-order valence-corrected chi connectivity index (χ2v) is 25.1. The number of carbonyl (C=O) groups excluding carboxylic acids is 2. The molecule has 3 aromatic heterocycles. The van der Waals surface area contributed by atoms with Crippen molar-refractivity contribution in [2.75, 3.05) is 75.9 Å². The monoisotopic (exact) mass is 1200 g/mol. The van der Waals surface area contributed by atoms with Crippen LogP contribution < -0.4 is 9.80 Å². The molecule has 0 spiro atoms. The van der Waals surface area contributed by atoms with Gasteiger partial charge in [0.25, 0.3) is 43.2 Å². The summed E-state index contributed by atoms with van der Waals surface area (Å²) in [6.45, 7) is 4.26. The molecule has 2 aliphatic rings. The van der Waals surface area contributed by atoms with Crippen LogP contribution in [0, 0.1) is 20.2 Å². The summed E-state index contributed by atoms with van der Waals surface area (Å²) in [4.78, 5) is 55.6. The maximum atomic E-state index is 14.4. The van der Waals surface area contributed by atoms with E-state index in [9.17, 15) is 46.7 Å². The summed E-state index contributed by atoms with van der Waals surface area (Å²) in [5, 5.41) is 30.4. The lowest BCUT2D eigenvalue weighted by Gasteiger charge is -2.27. The van der Waals surface area contributed by atoms with Crippen LogP contribution >= 0.6 is 23.2 Å². The molecule has 0 saturated carbocycles. The van der Waals surface area contributed by atoms with Crippen LogP contribution in [0.15, 0.2) is 132 Å². The number of nitro groups is 2. The van der Waals surface area contributed by atoms with Gasteiger partial charge in [-0.05, 0) is 120 Å². The van der Waals surface area contributed by atoms with Crippen molar-refractivity contribution >= 4 is 121 Å². The minimum atomic E-state index is -4.08. The van der Waals surface area contributed by atoms with Crippen molar-refractivity contribution in [1.82, 2.24) is 18.8 Å². The average Bonchev–Trinajstić information content (AvgIpc) is 4.39. The fourth-order valence-electron chi connectivity index (χ4n) is 11.4. The number of fused-ring (bicyclic) bond motifs is 8. The van der Waals surface area contributed by atoms with Gasteiger partial charge in [-0.25, -0.2) is 26.9 Å². The van der Waals surface area contributed by atoms with Gasteiger partial charge in [0.2, 0.25) is 0 Å². The number of carbonyl (C=O) groups is 2. The lowest BCUT2D eigenvalue weighted by atomic mass is 9.95. The van der Waals surface area contributed by atoms with E-state index in [2.05, 4.69) is 0 Å². The molecular formula is C58H54Cl2N8O13S2. The largest absolute Gasteiger partial charge is 0.456 e. The number of hydrogen-bond acceptors (Lipinski definition) is 15. The highest BCUT2D eigenvalue weighted by Gasteiger charge is 2.41. The highest BCUT2D eigenvalue weighted by atomic mass is 35.5. The molecule has 21 nitrogen and oxygen atoms in total. The topological polar surface area (TPSA) is 248 Å². The van der Waals surface area contributed by atoms with Gasteiger partial charge in [-0.2, -0.15) is 0 Å². The second-order valence-electron chi connectivity index (χ2n) is 20.8. The molecule has 2 amide bonds. The molecule has 430 valence electrons. The number of nitro benzene ring substituents is 2. The summed E-state index contributed by atoms with van der Waals surface area (Å²) in [7, 11) is -1.74. The lowest BCUT2D eigenvalue weighted by Crippen LogP contribution is -2.42. The Morgan fingerprint density at radius 2 is 0.952 bits per heavy atom. The van der Waals surface area contributed by atoms with Gasteiger partial charge in [0.05, 0.1) is 41.8 Å². The van der Waals surface area contributed by atoms with Crippen molar-refractivity contribution in [2.45, 2.75) is 48.3 Å². The average molecular weight is 1210 g/mol. The zero-order valence-electron chi connectivity index (χ0n) is 45.7. The van der Waals surface area contributed by atoms with Crippen molar-refractivity contribution in [1.29, 1.82) is 0 Å². The van der Waals surface area contributed by atoms with Crippen LogP contribution in [0.1, 0.15) is 70.8 Å². The second kappa shape index (κ2) is 21.8. The minimum Gasteiger partial charge on any atom is -0.456 e. The number of rotatable bonds is 18. The van der Waals surface area contributed by atoms with Gasteiger partial charge >= 0.3 is 0 Å². The first kappa shape index (κ1) is 57.1. The van der Waals surface area contributed by atoms with Crippen LogP contribution in [-0.2, 0) is 20.0 Å². The molecule has 2 aliphatic heterocycles. The Balaban J connectivity index is 0.847. The third-order valence-corrected chi connectivity index (χ3v) is 19.7. The maximum absolute atomic E-state index is 14.4. The van der Waals surface area contributed by atoms with Gasteiger partial charge in [0.15, 0.2) is 11.5 Å². The van der Waals surface area contributed by atoms with Crippen molar-refractivity contribution in [3.8, 4) is 22.6 Å². The smallest absolute Gasteiger partial charge is 0.294 e. The van der Waals surface area contributed by atoms with Crippen LogP contribution in [0.2, 0.25) is 0 Å². The Kier molecular flexibility index (Phi) is 15.0.